The summed E-state index contributed by atoms with van der Waals surface area (Å²) in [6, 6.07) is 8.09. The number of carboxylic acids is 1. The molecule has 1 aromatic carbocycles. The van der Waals surface area contributed by atoms with Crippen LogP contribution < -0.4 is 5.32 Å². The average molecular weight is 237 g/mol. The minimum atomic E-state index is -0.983. The van der Waals surface area contributed by atoms with E-state index in [0.717, 1.165) is 5.56 Å². The lowest BCUT2D eigenvalue weighted by atomic mass is 10.0. The minimum absolute atomic E-state index is 0.0969. The molecule has 0 saturated heterocycles. The van der Waals surface area contributed by atoms with Gasteiger partial charge in [0.15, 0.2) is 0 Å². The smallest absolute Gasteiger partial charge is 0.306 e. The summed E-state index contributed by atoms with van der Waals surface area (Å²) in [5, 5.41) is 21.1. The highest BCUT2D eigenvalue weighted by Gasteiger charge is 2.12. The van der Waals surface area contributed by atoms with Crippen molar-refractivity contribution < 1.29 is 15.0 Å². The molecular weight excluding hydrogens is 218 g/mol. The number of aliphatic hydroxyl groups excluding tert-OH is 1. The normalized spacial score (nSPS) is 14.3. The van der Waals surface area contributed by atoms with E-state index in [1.807, 2.05) is 38.1 Å². The van der Waals surface area contributed by atoms with Crippen LogP contribution in [-0.4, -0.2) is 28.8 Å². The number of aliphatic hydroxyl groups is 1. The highest BCUT2D eigenvalue weighted by molar-refractivity contribution is 5.67. The summed E-state index contributed by atoms with van der Waals surface area (Å²) in [5.41, 5.74) is 2.34. The molecule has 0 aliphatic carbocycles. The predicted octanol–water partition coefficient (Wildman–Crippen LogP) is 1.48. The summed E-state index contributed by atoms with van der Waals surface area (Å²) < 4.78 is 0. The monoisotopic (exact) mass is 237 g/mol. The molecular formula is C13H19NO3. The second kappa shape index (κ2) is 6.37. The standard InChI is InChI=1S/C13H19NO3/c1-9-5-3-4-6-12(9)10(2)14-8-11(15)7-13(16)17/h3-6,10-11,14-15H,7-8H2,1-2H3,(H,16,17). The van der Waals surface area contributed by atoms with Gasteiger partial charge in [-0.3, -0.25) is 4.79 Å². The van der Waals surface area contributed by atoms with Crippen LogP contribution in [0.15, 0.2) is 24.3 Å². The molecule has 0 fully saturated rings. The molecule has 0 saturated carbocycles. The molecule has 0 bridgehead atoms. The first-order valence-corrected chi connectivity index (χ1v) is 5.69. The van der Waals surface area contributed by atoms with Crippen LogP contribution in [0.25, 0.3) is 0 Å². The third-order valence-electron chi connectivity index (χ3n) is 2.72. The highest BCUT2D eigenvalue weighted by atomic mass is 16.4. The van der Waals surface area contributed by atoms with Crippen LogP contribution in [0.4, 0.5) is 0 Å². The summed E-state index contributed by atoms with van der Waals surface area (Å²) in [6.07, 6.45) is -1.08. The highest BCUT2D eigenvalue weighted by Crippen LogP contribution is 2.16. The fraction of sp³-hybridized carbons (Fsp3) is 0.462. The molecule has 0 radical (unpaired) electrons. The van der Waals surface area contributed by atoms with Crippen molar-refractivity contribution in [2.24, 2.45) is 0 Å². The molecule has 4 heteroatoms. The van der Waals surface area contributed by atoms with E-state index in [0.29, 0.717) is 0 Å². The zero-order valence-corrected chi connectivity index (χ0v) is 10.2. The predicted molar refractivity (Wildman–Crippen MR) is 65.9 cm³/mol. The second-order valence-corrected chi connectivity index (χ2v) is 4.24. The van der Waals surface area contributed by atoms with Crippen molar-refractivity contribution >= 4 is 5.97 Å². The van der Waals surface area contributed by atoms with Gasteiger partial charge in [0, 0.05) is 12.6 Å². The van der Waals surface area contributed by atoms with Crippen molar-refractivity contribution in [1.82, 2.24) is 5.32 Å². The molecule has 0 aromatic heterocycles. The Labute approximate surface area is 101 Å². The summed E-state index contributed by atoms with van der Waals surface area (Å²) in [6.45, 7) is 4.30. The van der Waals surface area contributed by atoms with Gasteiger partial charge in [0.05, 0.1) is 12.5 Å². The van der Waals surface area contributed by atoms with Gasteiger partial charge in [-0.15, -0.1) is 0 Å². The van der Waals surface area contributed by atoms with Gasteiger partial charge in [-0.2, -0.15) is 0 Å². The van der Waals surface area contributed by atoms with Gasteiger partial charge < -0.3 is 15.5 Å². The quantitative estimate of drug-likeness (QED) is 0.701. The van der Waals surface area contributed by atoms with Gasteiger partial charge in [0.1, 0.15) is 0 Å². The fourth-order valence-corrected chi connectivity index (χ4v) is 1.77. The van der Waals surface area contributed by atoms with Gasteiger partial charge in [0.25, 0.3) is 0 Å². The van der Waals surface area contributed by atoms with Crippen LogP contribution in [-0.2, 0) is 4.79 Å². The van der Waals surface area contributed by atoms with Gasteiger partial charge in [0.2, 0.25) is 0 Å². The first-order chi connectivity index (χ1) is 8.00. The average Bonchev–Trinajstić information content (AvgIpc) is 2.25. The molecule has 0 amide bonds. The Kier molecular flexibility index (Phi) is 5.12. The summed E-state index contributed by atoms with van der Waals surface area (Å²) in [5.74, 6) is -0.983. The summed E-state index contributed by atoms with van der Waals surface area (Å²) in [7, 11) is 0. The molecule has 1 aromatic rings. The van der Waals surface area contributed by atoms with Crippen LogP contribution in [0.5, 0.6) is 0 Å². The molecule has 0 heterocycles. The van der Waals surface area contributed by atoms with Crippen molar-refractivity contribution in [2.45, 2.75) is 32.4 Å². The van der Waals surface area contributed by atoms with E-state index >= 15 is 0 Å². The molecule has 2 unspecified atom stereocenters. The van der Waals surface area contributed by atoms with E-state index in [-0.39, 0.29) is 19.0 Å². The number of benzene rings is 1. The van der Waals surface area contributed by atoms with Crippen molar-refractivity contribution in [1.29, 1.82) is 0 Å². The topological polar surface area (TPSA) is 69.6 Å². The van der Waals surface area contributed by atoms with Crippen LogP contribution in [0.3, 0.4) is 0 Å². The van der Waals surface area contributed by atoms with Gasteiger partial charge in [-0.1, -0.05) is 24.3 Å². The molecule has 0 aliphatic rings. The Morgan fingerprint density at radius 3 is 2.65 bits per heavy atom. The molecule has 3 N–H and O–H groups in total. The van der Waals surface area contributed by atoms with E-state index < -0.39 is 12.1 Å². The van der Waals surface area contributed by atoms with Gasteiger partial charge in [-0.05, 0) is 25.0 Å². The van der Waals surface area contributed by atoms with Crippen molar-refractivity contribution in [2.75, 3.05) is 6.54 Å². The minimum Gasteiger partial charge on any atom is -0.481 e. The van der Waals surface area contributed by atoms with E-state index in [2.05, 4.69) is 5.32 Å². The lowest BCUT2D eigenvalue weighted by Gasteiger charge is -2.18. The Balaban J connectivity index is 2.47. The lowest BCUT2D eigenvalue weighted by molar-refractivity contribution is -0.139. The summed E-state index contributed by atoms with van der Waals surface area (Å²) >= 11 is 0. The molecule has 4 nitrogen and oxygen atoms in total. The number of aliphatic carboxylic acids is 1. The molecule has 0 aliphatic heterocycles. The van der Waals surface area contributed by atoms with E-state index in [4.69, 9.17) is 5.11 Å². The maximum Gasteiger partial charge on any atom is 0.306 e. The van der Waals surface area contributed by atoms with Crippen LogP contribution in [0.2, 0.25) is 0 Å². The van der Waals surface area contributed by atoms with Gasteiger partial charge in [-0.25, -0.2) is 0 Å². The Morgan fingerprint density at radius 1 is 1.41 bits per heavy atom. The number of aryl methyl sites for hydroxylation is 1. The van der Waals surface area contributed by atoms with Crippen molar-refractivity contribution in [3.8, 4) is 0 Å². The number of carboxylic acid groups (broad SMARTS) is 1. The van der Waals surface area contributed by atoms with E-state index in [1.165, 1.54) is 5.56 Å². The fourth-order valence-electron chi connectivity index (χ4n) is 1.77. The summed E-state index contributed by atoms with van der Waals surface area (Å²) in [4.78, 5) is 10.4. The zero-order chi connectivity index (χ0) is 12.8. The second-order valence-electron chi connectivity index (χ2n) is 4.24. The molecule has 0 spiro atoms. The molecule has 1 rings (SSSR count). The zero-order valence-electron chi connectivity index (χ0n) is 10.2. The number of nitrogens with one attached hydrogen (secondary N) is 1. The Morgan fingerprint density at radius 2 is 2.06 bits per heavy atom. The Bertz CT molecular complexity index is 379. The van der Waals surface area contributed by atoms with Crippen LogP contribution in [0, 0.1) is 6.92 Å². The third kappa shape index (κ3) is 4.54. The molecule has 2 atom stereocenters. The number of carbonyl (C=O) groups is 1. The van der Waals surface area contributed by atoms with Crippen molar-refractivity contribution in [3.05, 3.63) is 35.4 Å². The Hall–Kier alpha value is -1.39. The van der Waals surface area contributed by atoms with E-state index in [9.17, 15) is 9.90 Å². The largest absolute Gasteiger partial charge is 0.481 e. The number of hydrogen-bond acceptors (Lipinski definition) is 3. The molecule has 94 valence electrons. The maximum atomic E-state index is 10.4. The van der Waals surface area contributed by atoms with E-state index in [1.54, 1.807) is 0 Å². The first kappa shape index (κ1) is 13.7. The van der Waals surface area contributed by atoms with Gasteiger partial charge >= 0.3 is 5.97 Å². The van der Waals surface area contributed by atoms with Crippen LogP contribution in [0.1, 0.15) is 30.5 Å². The SMILES string of the molecule is Cc1ccccc1C(C)NCC(O)CC(=O)O. The van der Waals surface area contributed by atoms with Crippen LogP contribution >= 0.6 is 0 Å². The number of hydrogen-bond donors (Lipinski definition) is 3. The van der Waals surface area contributed by atoms with Crippen molar-refractivity contribution in [3.63, 3.8) is 0 Å². The first-order valence-electron chi connectivity index (χ1n) is 5.69. The molecule has 17 heavy (non-hydrogen) atoms. The number of rotatable bonds is 6. The maximum absolute atomic E-state index is 10.4. The third-order valence-corrected chi connectivity index (χ3v) is 2.72. The lowest BCUT2D eigenvalue weighted by Crippen LogP contribution is -2.30.